The van der Waals surface area contributed by atoms with Gasteiger partial charge in [-0.2, -0.15) is 0 Å². The second-order valence-corrected chi connectivity index (χ2v) is 7.23. The lowest BCUT2D eigenvalue weighted by molar-refractivity contribution is 0.0517. The standard InChI is InChI=1S/C17H28N4O2/c1-12-10-18-13(2)15(20-12)21-8-6-14(7-9-21)11-19-16(22)23-17(3,4)5/h10,14H,6-9,11H2,1-5H3,(H,19,22). The van der Waals surface area contributed by atoms with Gasteiger partial charge in [-0.05, 0) is 53.4 Å². The number of ether oxygens (including phenoxy) is 1. The molecule has 1 N–H and O–H groups in total. The van der Waals surface area contributed by atoms with Crippen LogP contribution in [-0.2, 0) is 4.74 Å². The first-order chi connectivity index (χ1) is 10.7. The molecule has 1 fully saturated rings. The minimum atomic E-state index is -0.450. The lowest BCUT2D eigenvalue weighted by Gasteiger charge is -2.33. The summed E-state index contributed by atoms with van der Waals surface area (Å²) in [4.78, 5) is 23.0. The number of nitrogens with one attached hydrogen (secondary N) is 1. The van der Waals surface area contributed by atoms with Crippen molar-refractivity contribution in [2.75, 3.05) is 24.5 Å². The first kappa shape index (κ1) is 17.5. The van der Waals surface area contributed by atoms with Gasteiger partial charge in [0, 0.05) is 25.8 Å². The van der Waals surface area contributed by atoms with E-state index < -0.39 is 5.60 Å². The number of anilines is 1. The van der Waals surface area contributed by atoms with E-state index in [0.717, 1.165) is 43.1 Å². The van der Waals surface area contributed by atoms with Gasteiger partial charge in [0.2, 0.25) is 0 Å². The highest BCUT2D eigenvalue weighted by atomic mass is 16.6. The predicted molar refractivity (Wildman–Crippen MR) is 90.7 cm³/mol. The number of aromatic nitrogens is 2. The van der Waals surface area contributed by atoms with Crippen molar-refractivity contribution in [3.63, 3.8) is 0 Å². The van der Waals surface area contributed by atoms with Crippen molar-refractivity contribution in [1.29, 1.82) is 0 Å². The molecule has 1 saturated heterocycles. The Morgan fingerprint density at radius 2 is 2.00 bits per heavy atom. The maximum absolute atomic E-state index is 11.7. The summed E-state index contributed by atoms with van der Waals surface area (Å²) in [6.07, 6.45) is 3.53. The molecular formula is C17H28N4O2. The zero-order valence-electron chi connectivity index (χ0n) is 14.8. The fourth-order valence-corrected chi connectivity index (χ4v) is 2.72. The number of alkyl carbamates (subject to hydrolysis) is 1. The monoisotopic (exact) mass is 320 g/mol. The molecule has 6 heteroatoms. The molecule has 0 aromatic carbocycles. The van der Waals surface area contributed by atoms with Gasteiger partial charge in [0.25, 0.3) is 0 Å². The van der Waals surface area contributed by atoms with Crippen molar-refractivity contribution >= 4 is 11.9 Å². The van der Waals surface area contributed by atoms with Crippen molar-refractivity contribution in [1.82, 2.24) is 15.3 Å². The topological polar surface area (TPSA) is 67.4 Å². The molecule has 0 atom stereocenters. The quantitative estimate of drug-likeness (QED) is 0.927. The van der Waals surface area contributed by atoms with Crippen molar-refractivity contribution in [2.24, 2.45) is 5.92 Å². The van der Waals surface area contributed by atoms with Crippen LogP contribution in [0.15, 0.2) is 6.20 Å². The second kappa shape index (κ2) is 7.15. The number of nitrogens with zero attached hydrogens (tertiary/aromatic N) is 3. The molecule has 0 aliphatic carbocycles. The van der Waals surface area contributed by atoms with E-state index in [9.17, 15) is 4.79 Å². The normalized spacial score (nSPS) is 16.3. The molecule has 0 saturated carbocycles. The van der Waals surface area contributed by atoms with E-state index in [1.54, 1.807) is 6.20 Å². The summed E-state index contributed by atoms with van der Waals surface area (Å²) in [5, 5.41) is 2.88. The molecule has 0 radical (unpaired) electrons. The second-order valence-electron chi connectivity index (χ2n) is 7.23. The molecule has 1 amide bonds. The van der Waals surface area contributed by atoms with E-state index in [4.69, 9.17) is 4.74 Å². The van der Waals surface area contributed by atoms with Crippen LogP contribution in [0.2, 0.25) is 0 Å². The van der Waals surface area contributed by atoms with Crippen LogP contribution in [0.25, 0.3) is 0 Å². The van der Waals surface area contributed by atoms with Crippen LogP contribution in [0.3, 0.4) is 0 Å². The highest BCUT2D eigenvalue weighted by Crippen LogP contribution is 2.23. The van der Waals surface area contributed by atoms with E-state index >= 15 is 0 Å². The van der Waals surface area contributed by atoms with E-state index in [0.29, 0.717) is 12.5 Å². The van der Waals surface area contributed by atoms with Crippen LogP contribution in [0.5, 0.6) is 0 Å². The molecule has 0 bridgehead atoms. The summed E-state index contributed by atoms with van der Waals surface area (Å²) < 4.78 is 5.27. The van der Waals surface area contributed by atoms with E-state index in [1.807, 2.05) is 34.6 Å². The van der Waals surface area contributed by atoms with E-state index in [2.05, 4.69) is 20.2 Å². The maximum atomic E-state index is 11.7. The Morgan fingerprint density at radius 3 is 2.61 bits per heavy atom. The summed E-state index contributed by atoms with van der Waals surface area (Å²) in [7, 11) is 0. The third-order valence-corrected chi connectivity index (χ3v) is 3.90. The first-order valence-corrected chi connectivity index (χ1v) is 8.26. The largest absolute Gasteiger partial charge is 0.444 e. The van der Waals surface area contributed by atoms with Gasteiger partial charge in [0.1, 0.15) is 11.4 Å². The molecule has 1 aromatic rings. The Hall–Kier alpha value is -1.85. The van der Waals surface area contributed by atoms with E-state index in [1.165, 1.54) is 0 Å². The number of carbonyl (C=O) groups excluding carboxylic acids is 1. The minimum absolute atomic E-state index is 0.333. The zero-order chi connectivity index (χ0) is 17.0. The van der Waals surface area contributed by atoms with Crippen molar-refractivity contribution in [3.05, 3.63) is 17.6 Å². The highest BCUT2D eigenvalue weighted by Gasteiger charge is 2.23. The van der Waals surface area contributed by atoms with Crippen LogP contribution >= 0.6 is 0 Å². The van der Waals surface area contributed by atoms with Crippen LogP contribution in [0.4, 0.5) is 10.6 Å². The Labute approximate surface area is 138 Å². The Balaban J connectivity index is 1.80. The zero-order valence-corrected chi connectivity index (χ0v) is 14.8. The summed E-state index contributed by atoms with van der Waals surface area (Å²) >= 11 is 0. The van der Waals surface area contributed by atoms with Crippen LogP contribution in [-0.4, -0.2) is 41.3 Å². The fraction of sp³-hybridized carbons (Fsp3) is 0.706. The predicted octanol–water partition coefficient (Wildman–Crippen LogP) is 2.83. The average molecular weight is 320 g/mol. The number of aryl methyl sites for hydroxylation is 2. The van der Waals surface area contributed by atoms with Gasteiger partial charge in [-0.1, -0.05) is 0 Å². The SMILES string of the molecule is Cc1cnc(C)c(N2CCC(CNC(=O)OC(C)(C)C)CC2)n1. The van der Waals surface area contributed by atoms with Gasteiger partial charge < -0.3 is 15.0 Å². The third-order valence-electron chi connectivity index (χ3n) is 3.90. The highest BCUT2D eigenvalue weighted by molar-refractivity contribution is 5.67. The summed E-state index contributed by atoms with van der Waals surface area (Å²) in [5.74, 6) is 1.47. The van der Waals surface area contributed by atoms with Gasteiger partial charge in [0.05, 0.1) is 11.4 Å². The Morgan fingerprint density at radius 1 is 1.35 bits per heavy atom. The van der Waals surface area contributed by atoms with Gasteiger partial charge in [-0.3, -0.25) is 4.98 Å². The van der Waals surface area contributed by atoms with Crippen molar-refractivity contribution in [3.8, 4) is 0 Å². The molecule has 23 heavy (non-hydrogen) atoms. The molecule has 6 nitrogen and oxygen atoms in total. The number of rotatable bonds is 3. The molecule has 0 spiro atoms. The van der Waals surface area contributed by atoms with Crippen molar-refractivity contribution in [2.45, 2.75) is 53.1 Å². The lowest BCUT2D eigenvalue weighted by Crippen LogP contribution is -2.40. The number of hydrogen-bond acceptors (Lipinski definition) is 5. The molecule has 128 valence electrons. The number of piperidine rings is 1. The molecule has 2 heterocycles. The van der Waals surface area contributed by atoms with Gasteiger partial charge in [-0.25, -0.2) is 9.78 Å². The Kier molecular flexibility index (Phi) is 5.44. The molecule has 0 unspecified atom stereocenters. The summed E-state index contributed by atoms with van der Waals surface area (Å²) in [6, 6.07) is 0. The van der Waals surface area contributed by atoms with Crippen LogP contribution < -0.4 is 10.2 Å². The molecule has 2 rings (SSSR count). The fourth-order valence-electron chi connectivity index (χ4n) is 2.72. The molecule has 1 aromatic heterocycles. The van der Waals surface area contributed by atoms with E-state index in [-0.39, 0.29) is 6.09 Å². The minimum Gasteiger partial charge on any atom is -0.444 e. The van der Waals surface area contributed by atoms with Gasteiger partial charge in [-0.15, -0.1) is 0 Å². The van der Waals surface area contributed by atoms with Crippen LogP contribution in [0, 0.1) is 19.8 Å². The van der Waals surface area contributed by atoms with Gasteiger partial charge >= 0.3 is 6.09 Å². The Bertz CT molecular complexity index is 546. The summed E-state index contributed by atoms with van der Waals surface area (Å²) in [6.45, 7) is 12.1. The summed E-state index contributed by atoms with van der Waals surface area (Å²) in [5.41, 5.74) is 1.47. The number of carbonyl (C=O) groups is 1. The first-order valence-electron chi connectivity index (χ1n) is 8.26. The number of hydrogen-bond donors (Lipinski definition) is 1. The molecular weight excluding hydrogens is 292 g/mol. The number of amides is 1. The molecule has 1 aliphatic heterocycles. The third kappa shape index (κ3) is 5.37. The lowest BCUT2D eigenvalue weighted by atomic mass is 9.97. The molecule has 1 aliphatic rings. The van der Waals surface area contributed by atoms with Crippen molar-refractivity contribution < 1.29 is 9.53 Å². The maximum Gasteiger partial charge on any atom is 0.407 e. The van der Waals surface area contributed by atoms with Gasteiger partial charge in [0.15, 0.2) is 0 Å². The van der Waals surface area contributed by atoms with Crippen LogP contribution in [0.1, 0.15) is 45.0 Å². The smallest absolute Gasteiger partial charge is 0.407 e. The average Bonchev–Trinajstić information content (AvgIpc) is 2.46.